The minimum atomic E-state index is -0.466. The van der Waals surface area contributed by atoms with E-state index in [1.54, 1.807) is 13.2 Å². The maximum atomic E-state index is 14.0. The molecule has 100 valence electrons. The van der Waals surface area contributed by atoms with Crippen molar-refractivity contribution in [3.05, 3.63) is 64.5 Å². The summed E-state index contributed by atoms with van der Waals surface area (Å²) in [4.78, 5) is 0. The number of hydrogen-bond acceptors (Lipinski definition) is 2. The van der Waals surface area contributed by atoms with E-state index in [4.69, 9.17) is 10.5 Å². The third kappa shape index (κ3) is 2.76. The van der Waals surface area contributed by atoms with Gasteiger partial charge in [-0.1, -0.05) is 18.2 Å². The van der Waals surface area contributed by atoms with Gasteiger partial charge in [0, 0.05) is 5.56 Å². The molecule has 19 heavy (non-hydrogen) atoms. The highest BCUT2D eigenvalue weighted by atomic mass is 19.1. The van der Waals surface area contributed by atoms with Gasteiger partial charge in [0.05, 0.1) is 13.2 Å². The Morgan fingerprint density at radius 1 is 1.05 bits per heavy atom. The summed E-state index contributed by atoms with van der Waals surface area (Å²) in [5, 5.41) is 0. The first kappa shape index (κ1) is 13.6. The molecule has 1 atom stereocenters. The van der Waals surface area contributed by atoms with Crippen molar-refractivity contribution in [3.8, 4) is 5.75 Å². The zero-order valence-electron chi connectivity index (χ0n) is 11.4. The number of nitrogens with two attached hydrogens (primary N) is 1. The first-order chi connectivity index (χ1) is 9.02. The minimum absolute atomic E-state index is 0.261. The molecular formula is C16H18FNO. The molecule has 0 aromatic heterocycles. The molecule has 0 aliphatic carbocycles. The highest BCUT2D eigenvalue weighted by molar-refractivity contribution is 5.41. The summed E-state index contributed by atoms with van der Waals surface area (Å²) in [6.07, 6.45) is 0. The molecule has 0 spiro atoms. The lowest BCUT2D eigenvalue weighted by Crippen LogP contribution is -2.15. The molecule has 0 aliphatic rings. The topological polar surface area (TPSA) is 35.2 Å². The Morgan fingerprint density at radius 3 is 2.32 bits per heavy atom. The minimum Gasteiger partial charge on any atom is -0.497 e. The molecule has 0 fully saturated rings. The fraction of sp³-hybridized carbons (Fsp3) is 0.250. The van der Waals surface area contributed by atoms with E-state index in [-0.39, 0.29) is 5.82 Å². The Morgan fingerprint density at radius 2 is 1.74 bits per heavy atom. The van der Waals surface area contributed by atoms with Gasteiger partial charge in [0.15, 0.2) is 0 Å². The van der Waals surface area contributed by atoms with Crippen molar-refractivity contribution in [3.63, 3.8) is 0 Å². The fourth-order valence-electron chi connectivity index (χ4n) is 2.18. The highest BCUT2D eigenvalue weighted by Crippen LogP contribution is 2.27. The van der Waals surface area contributed by atoms with Gasteiger partial charge in [0.25, 0.3) is 0 Å². The molecule has 2 N–H and O–H groups in total. The zero-order valence-corrected chi connectivity index (χ0v) is 11.4. The molecule has 0 bridgehead atoms. The van der Waals surface area contributed by atoms with Crippen LogP contribution < -0.4 is 10.5 Å². The zero-order chi connectivity index (χ0) is 14.0. The van der Waals surface area contributed by atoms with E-state index in [1.807, 2.05) is 38.1 Å². The van der Waals surface area contributed by atoms with Crippen molar-refractivity contribution >= 4 is 0 Å². The van der Waals surface area contributed by atoms with E-state index < -0.39 is 6.04 Å². The highest BCUT2D eigenvalue weighted by Gasteiger charge is 2.15. The largest absolute Gasteiger partial charge is 0.497 e. The van der Waals surface area contributed by atoms with Crippen molar-refractivity contribution in [2.75, 3.05) is 7.11 Å². The van der Waals surface area contributed by atoms with Crippen LogP contribution in [0.3, 0.4) is 0 Å². The normalized spacial score (nSPS) is 12.3. The first-order valence-corrected chi connectivity index (χ1v) is 6.19. The molecule has 0 saturated heterocycles. The number of hydrogen-bond donors (Lipinski definition) is 1. The maximum absolute atomic E-state index is 14.0. The number of halogens is 1. The van der Waals surface area contributed by atoms with Crippen LogP contribution in [-0.4, -0.2) is 7.11 Å². The number of rotatable bonds is 3. The summed E-state index contributed by atoms with van der Waals surface area (Å²) in [5.74, 6) is 0.514. The van der Waals surface area contributed by atoms with Crippen LogP contribution in [0.1, 0.15) is 28.3 Å². The molecule has 0 heterocycles. The van der Waals surface area contributed by atoms with Crippen LogP contribution in [0.15, 0.2) is 36.4 Å². The van der Waals surface area contributed by atoms with Gasteiger partial charge in [-0.15, -0.1) is 0 Å². The molecule has 3 heteroatoms. The molecule has 0 radical (unpaired) electrons. The third-order valence-corrected chi connectivity index (χ3v) is 3.30. The molecule has 2 aromatic rings. The third-order valence-electron chi connectivity index (χ3n) is 3.30. The number of benzene rings is 2. The lowest BCUT2D eigenvalue weighted by molar-refractivity contribution is 0.414. The summed E-state index contributed by atoms with van der Waals surface area (Å²) < 4.78 is 19.1. The SMILES string of the molecule is COc1ccc(C(N)c2ccc(C)cc2F)c(C)c1. The number of aryl methyl sites for hydroxylation is 2. The first-order valence-electron chi connectivity index (χ1n) is 6.19. The molecule has 2 aromatic carbocycles. The lowest BCUT2D eigenvalue weighted by Gasteiger charge is -2.17. The maximum Gasteiger partial charge on any atom is 0.128 e. The van der Waals surface area contributed by atoms with Crippen LogP contribution in [0.2, 0.25) is 0 Å². The summed E-state index contributed by atoms with van der Waals surface area (Å²) in [7, 11) is 1.62. The molecule has 2 nitrogen and oxygen atoms in total. The van der Waals surface area contributed by atoms with Crippen LogP contribution in [-0.2, 0) is 0 Å². The average molecular weight is 259 g/mol. The van der Waals surface area contributed by atoms with Gasteiger partial charge in [0.2, 0.25) is 0 Å². The van der Waals surface area contributed by atoms with Crippen molar-refractivity contribution in [2.45, 2.75) is 19.9 Å². The average Bonchev–Trinajstić information content (AvgIpc) is 2.37. The van der Waals surface area contributed by atoms with Crippen molar-refractivity contribution in [2.24, 2.45) is 5.73 Å². The summed E-state index contributed by atoms with van der Waals surface area (Å²) in [6, 6.07) is 10.3. The van der Waals surface area contributed by atoms with E-state index in [0.717, 1.165) is 22.4 Å². The Labute approximate surface area is 113 Å². The quantitative estimate of drug-likeness (QED) is 0.915. The lowest BCUT2D eigenvalue weighted by atomic mass is 9.94. The standard InChI is InChI=1S/C16H18FNO/c1-10-4-6-14(15(17)8-10)16(18)13-7-5-12(19-3)9-11(13)2/h4-9,16H,18H2,1-3H3. The van der Waals surface area contributed by atoms with E-state index in [1.165, 1.54) is 6.07 Å². The number of methoxy groups -OCH3 is 1. The predicted octanol–water partition coefficient (Wildman–Crippen LogP) is 3.50. The molecule has 0 saturated carbocycles. The van der Waals surface area contributed by atoms with E-state index >= 15 is 0 Å². The van der Waals surface area contributed by atoms with Crippen LogP contribution >= 0.6 is 0 Å². The van der Waals surface area contributed by atoms with Gasteiger partial charge in [-0.3, -0.25) is 0 Å². The monoisotopic (exact) mass is 259 g/mol. The van der Waals surface area contributed by atoms with E-state index in [0.29, 0.717) is 5.56 Å². The van der Waals surface area contributed by atoms with Gasteiger partial charge < -0.3 is 10.5 Å². The second-order valence-electron chi connectivity index (χ2n) is 4.73. The smallest absolute Gasteiger partial charge is 0.128 e. The van der Waals surface area contributed by atoms with Crippen molar-refractivity contribution < 1.29 is 9.13 Å². The van der Waals surface area contributed by atoms with Crippen molar-refractivity contribution in [1.29, 1.82) is 0 Å². The molecular weight excluding hydrogens is 241 g/mol. The Balaban J connectivity index is 2.41. The van der Waals surface area contributed by atoms with Crippen molar-refractivity contribution in [1.82, 2.24) is 0 Å². The van der Waals surface area contributed by atoms with E-state index in [2.05, 4.69) is 0 Å². The van der Waals surface area contributed by atoms with Gasteiger partial charge in [-0.25, -0.2) is 4.39 Å². The van der Waals surface area contributed by atoms with E-state index in [9.17, 15) is 4.39 Å². The van der Waals surface area contributed by atoms with Gasteiger partial charge >= 0.3 is 0 Å². The Bertz CT molecular complexity index is 595. The summed E-state index contributed by atoms with van der Waals surface area (Å²) in [5.41, 5.74) is 9.48. The van der Waals surface area contributed by atoms with Gasteiger partial charge in [-0.05, 0) is 48.7 Å². The van der Waals surface area contributed by atoms with Gasteiger partial charge in [0.1, 0.15) is 11.6 Å². The molecule has 0 aliphatic heterocycles. The second kappa shape index (κ2) is 5.41. The Kier molecular flexibility index (Phi) is 3.86. The van der Waals surface area contributed by atoms with Crippen LogP contribution in [0, 0.1) is 19.7 Å². The summed E-state index contributed by atoms with van der Waals surface area (Å²) >= 11 is 0. The van der Waals surface area contributed by atoms with Crippen LogP contribution in [0.25, 0.3) is 0 Å². The molecule has 1 unspecified atom stereocenters. The number of ether oxygens (including phenoxy) is 1. The molecule has 2 rings (SSSR count). The predicted molar refractivity (Wildman–Crippen MR) is 74.9 cm³/mol. The van der Waals surface area contributed by atoms with Crippen LogP contribution in [0.4, 0.5) is 4.39 Å². The van der Waals surface area contributed by atoms with Gasteiger partial charge in [-0.2, -0.15) is 0 Å². The van der Waals surface area contributed by atoms with Crippen LogP contribution in [0.5, 0.6) is 5.75 Å². The molecule has 0 amide bonds. The summed E-state index contributed by atoms with van der Waals surface area (Å²) in [6.45, 7) is 3.81. The fourth-order valence-corrected chi connectivity index (χ4v) is 2.18. The Hall–Kier alpha value is -1.87. The second-order valence-corrected chi connectivity index (χ2v) is 4.73.